The Balaban J connectivity index is 1.25. The van der Waals surface area contributed by atoms with Crippen molar-refractivity contribution in [3.8, 4) is 11.4 Å². The number of rotatable bonds is 5. The van der Waals surface area contributed by atoms with E-state index in [1.54, 1.807) is 0 Å². The van der Waals surface area contributed by atoms with Gasteiger partial charge in [0.15, 0.2) is 0 Å². The normalized spacial score (nSPS) is 15.6. The van der Waals surface area contributed by atoms with Gasteiger partial charge in [0.25, 0.3) is 0 Å². The molecule has 5 nitrogen and oxygen atoms in total. The molecule has 1 aliphatic heterocycles. The molecule has 1 aliphatic rings. The largest absolute Gasteiger partial charge is 0.299 e. The van der Waals surface area contributed by atoms with Crippen molar-refractivity contribution in [3.05, 3.63) is 83.5 Å². The van der Waals surface area contributed by atoms with Crippen LogP contribution < -0.4 is 0 Å². The van der Waals surface area contributed by atoms with Crippen LogP contribution in [0.2, 0.25) is 5.02 Å². The number of imidazole rings is 1. The summed E-state index contributed by atoms with van der Waals surface area (Å²) < 4.78 is 2.01. The Morgan fingerprint density at radius 3 is 2.73 bits per heavy atom. The minimum Gasteiger partial charge on any atom is -0.299 e. The van der Waals surface area contributed by atoms with Gasteiger partial charge in [-0.15, -0.1) is 0 Å². The lowest BCUT2D eigenvalue weighted by Gasteiger charge is -2.31. The molecule has 0 spiro atoms. The lowest BCUT2D eigenvalue weighted by Crippen LogP contribution is -2.34. The summed E-state index contributed by atoms with van der Waals surface area (Å²) in [5.41, 5.74) is 5.23. The van der Waals surface area contributed by atoms with Crippen molar-refractivity contribution in [3.63, 3.8) is 0 Å². The molecule has 1 fully saturated rings. The van der Waals surface area contributed by atoms with Crippen LogP contribution in [-0.4, -0.2) is 37.3 Å². The monoisotopic (exact) mass is 417 g/mol. The molecule has 4 aromatic heterocycles. The molecule has 0 saturated carbocycles. The van der Waals surface area contributed by atoms with Gasteiger partial charge in [-0.2, -0.15) is 0 Å². The van der Waals surface area contributed by atoms with Crippen molar-refractivity contribution < 1.29 is 0 Å². The first kappa shape index (κ1) is 19.2. The highest BCUT2D eigenvalue weighted by Gasteiger charge is 2.20. The molecule has 0 atom stereocenters. The van der Waals surface area contributed by atoms with Gasteiger partial charge in [0.05, 0.1) is 22.6 Å². The van der Waals surface area contributed by atoms with Gasteiger partial charge in [0.1, 0.15) is 5.65 Å². The van der Waals surface area contributed by atoms with Gasteiger partial charge in [-0.3, -0.25) is 19.3 Å². The SMILES string of the molecule is Clc1ccc2ncc(-c3cccc(CC4CCN(Cc5cccnc5)CC4)n3)n2c1. The summed E-state index contributed by atoms with van der Waals surface area (Å²) in [5, 5.41) is 0.691. The smallest absolute Gasteiger partial charge is 0.137 e. The van der Waals surface area contributed by atoms with Crippen molar-refractivity contribution in [2.24, 2.45) is 5.92 Å². The summed E-state index contributed by atoms with van der Waals surface area (Å²) in [5.74, 6) is 0.675. The fourth-order valence-corrected chi connectivity index (χ4v) is 4.43. The highest BCUT2D eigenvalue weighted by Crippen LogP contribution is 2.25. The molecule has 0 radical (unpaired) electrons. The molecular formula is C24H24ClN5. The average Bonchev–Trinajstić information content (AvgIpc) is 3.19. The number of fused-ring (bicyclic) bond motifs is 1. The van der Waals surface area contributed by atoms with Gasteiger partial charge in [-0.05, 0) is 74.2 Å². The molecule has 0 bridgehead atoms. The van der Waals surface area contributed by atoms with E-state index in [0.29, 0.717) is 10.9 Å². The Labute approximate surface area is 181 Å². The molecule has 0 N–H and O–H groups in total. The van der Waals surface area contributed by atoms with E-state index in [9.17, 15) is 0 Å². The Hall–Kier alpha value is -2.76. The highest BCUT2D eigenvalue weighted by atomic mass is 35.5. The fraction of sp³-hybridized carbons (Fsp3) is 0.292. The summed E-state index contributed by atoms with van der Waals surface area (Å²) in [4.78, 5) is 16.2. The summed E-state index contributed by atoms with van der Waals surface area (Å²) in [7, 11) is 0. The van der Waals surface area contributed by atoms with Crippen molar-refractivity contribution in [1.82, 2.24) is 24.3 Å². The van der Waals surface area contributed by atoms with E-state index < -0.39 is 0 Å². The number of nitrogens with zero attached hydrogens (tertiary/aromatic N) is 5. The zero-order valence-corrected chi connectivity index (χ0v) is 17.5. The summed E-state index contributed by atoms with van der Waals surface area (Å²) in [6.45, 7) is 3.25. The Bertz CT molecular complexity index is 1130. The first-order chi connectivity index (χ1) is 14.7. The number of likely N-dealkylation sites (tertiary alicyclic amines) is 1. The third kappa shape index (κ3) is 4.23. The van der Waals surface area contributed by atoms with Crippen LogP contribution in [0.3, 0.4) is 0 Å². The van der Waals surface area contributed by atoms with Crippen LogP contribution in [0.4, 0.5) is 0 Å². The first-order valence-corrected chi connectivity index (χ1v) is 10.8. The van der Waals surface area contributed by atoms with Crippen molar-refractivity contribution in [2.45, 2.75) is 25.8 Å². The molecule has 0 aromatic carbocycles. The van der Waals surface area contributed by atoms with Crippen LogP contribution in [-0.2, 0) is 13.0 Å². The molecule has 0 aliphatic carbocycles. The van der Waals surface area contributed by atoms with Crippen LogP contribution in [0.15, 0.2) is 67.3 Å². The number of hydrogen-bond acceptors (Lipinski definition) is 4. The minimum absolute atomic E-state index is 0.675. The Morgan fingerprint density at radius 2 is 1.90 bits per heavy atom. The molecule has 5 rings (SSSR count). The molecule has 5 heterocycles. The number of piperidine rings is 1. The number of halogens is 1. The second-order valence-corrected chi connectivity index (χ2v) is 8.45. The van der Waals surface area contributed by atoms with Crippen LogP contribution >= 0.6 is 11.6 Å². The maximum Gasteiger partial charge on any atom is 0.137 e. The van der Waals surface area contributed by atoms with Gasteiger partial charge in [0, 0.05) is 30.8 Å². The Morgan fingerprint density at radius 1 is 1.00 bits per heavy atom. The number of pyridine rings is 3. The van der Waals surface area contributed by atoms with Crippen molar-refractivity contribution in [1.29, 1.82) is 0 Å². The fourth-order valence-electron chi connectivity index (χ4n) is 4.27. The van der Waals surface area contributed by atoms with E-state index in [0.717, 1.165) is 48.8 Å². The van der Waals surface area contributed by atoms with E-state index in [1.807, 2.05) is 53.5 Å². The van der Waals surface area contributed by atoms with Gasteiger partial charge < -0.3 is 0 Å². The second-order valence-electron chi connectivity index (χ2n) is 8.02. The first-order valence-electron chi connectivity index (χ1n) is 10.4. The third-order valence-corrected chi connectivity index (χ3v) is 6.10. The van der Waals surface area contributed by atoms with Crippen LogP contribution in [0, 0.1) is 5.92 Å². The van der Waals surface area contributed by atoms with E-state index in [2.05, 4.69) is 33.1 Å². The van der Waals surface area contributed by atoms with E-state index in [1.165, 1.54) is 18.4 Å². The lowest BCUT2D eigenvalue weighted by molar-refractivity contribution is 0.176. The van der Waals surface area contributed by atoms with Crippen LogP contribution in [0.5, 0.6) is 0 Å². The van der Waals surface area contributed by atoms with Gasteiger partial charge >= 0.3 is 0 Å². The molecule has 152 valence electrons. The third-order valence-electron chi connectivity index (χ3n) is 5.87. The lowest BCUT2D eigenvalue weighted by atomic mass is 9.91. The van der Waals surface area contributed by atoms with Gasteiger partial charge in [0.2, 0.25) is 0 Å². The zero-order chi connectivity index (χ0) is 20.3. The summed E-state index contributed by atoms with van der Waals surface area (Å²) >= 11 is 6.18. The number of hydrogen-bond donors (Lipinski definition) is 0. The van der Waals surface area contributed by atoms with Crippen molar-refractivity contribution >= 4 is 17.2 Å². The summed E-state index contributed by atoms with van der Waals surface area (Å²) in [6, 6.07) is 14.2. The molecular weight excluding hydrogens is 394 g/mol. The summed E-state index contributed by atoms with van der Waals surface area (Å²) in [6.07, 6.45) is 11.0. The predicted octanol–water partition coefficient (Wildman–Crippen LogP) is 4.90. The molecule has 0 amide bonds. The predicted molar refractivity (Wildman–Crippen MR) is 119 cm³/mol. The minimum atomic E-state index is 0.675. The van der Waals surface area contributed by atoms with E-state index >= 15 is 0 Å². The maximum absolute atomic E-state index is 6.18. The molecule has 4 aromatic rings. The molecule has 1 saturated heterocycles. The standard InChI is InChI=1S/C24H24ClN5/c25-20-6-7-24-27-15-23(30(24)17-20)22-5-1-4-21(28-22)13-18-8-11-29(12-9-18)16-19-3-2-10-26-14-19/h1-7,10,14-15,17-18H,8-9,11-13,16H2. The van der Waals surface area contributed by atoms with Gasteiger partial charge in [-0.1, -0.05) is 23.7 Å². The van der Waals surface area contributed by atoms with Gasteiger partial charge in [-0.25, -0.2) is 4.98 Å². The average molecular weight is 418 g/mol. The molecule has 6 heteroatoms. The quantitative estimate of drug-likeness (QED) is 0.463. The topological polar surface area (TPSA) is 46.3 Å². The second kappa shape index (κ2) is 8.54. The maximum atomic E-state index is 6.18. The highest BCUT2D eigenvalue weighted by molar-refractivity contribution is 6.30. The van der Waals surface area contributed by atoms with Crippen LogP contribution in [0.25, 0.3) is 17.0 Å². The molecule has 30 heavy (non-hydrogen) atoms. The van der Waals surface area contributed by atoms with E-state index in [4.69, 9.17) is 16.6 Å². The van der Waals surface area contributed by atoms with E-state index in [-0.39, 0.29) is 0 Å². The zero-order valence-electron chi connectivity index (χ0n) is 16.8. The Kier molecular flexibility index (Phi) is 5.47. The molecule has 0 unspecified atom stereocenters. The van der Waals surface area contributed by atoms with Crippen LogP contribution in [0.1, 0.15) is 24.1 Å². The number of aromatic nitrogens is 4. The van der Waals surface area contributed by atoms with Crippen molar-refractivity contribution in [2.75, 3.05) is 13.1 Å².